The summed E-state index contributed by atoms with van der Waals surface area (Å²) in [4.78, 5) is 26.3. The minimum absolute atomic E-state index is 0.0638. The van der Waals surface area contributed by atoms with E-state index in [1.807, 2.05) is 13.0 Å². The van der Waals surface area contributed by atoms with Crippen molar-refractivity contribution in [1.29, 1.82) is 0 Å². The molecule has 1 N–H and O–H groups in total. The van der Waals surface area contributed by atoms with Gasteiger partial charge in [0.2, 0.25) is 0 Å². The molecular formula is C22H27NO5. The Kier molecular flexibility index (Phi) is 4.91. The molecular weight excluding hydrogens is 358 g/mol. The molecule has 2 fully saturated rings. The predicted molar refractivity (Wildman–Crippen MR) is 106 cm³/mol. The molecule has 2 aliphatic rings. The fourth-order valence-electron chi connectivity index (χ4n) is 4.55. The quantitative estimate of drug-likeness (QED) is 0.822. The first kappa shape index (κ1) is 19.0. The molecule has 0 spiro atoms. The first-order valence-corrected chi connectivity index (χ1v) is 10.0. The maximum atomic E-state index is 12.6. The number of piperidine rings is 1. The summed E-state index contributed by atoms with van der Waals surface area (Å²) in [7, 11) is 0. The highest BCUT2D eigenvalue weighted by Crippen LogP contribution is 2.39. The molecule has 2 atom stereocenters. The number of carbonyl (C=O) groups excluding carboxylic acids is 1. The zero-order chi connectivity index (χ0) is 19.9. The zero-order valence-corrected chi connectivity index (χ0v) is 16.5. The molecule has 2 heterocycles. The van der Waals surface area contributed by atoms with E-state index in [0.717, 1.165) is 36.6 Å². The lowest BCUT2D eigenvalue weighted by Crippen LogP contribution is -2.55. The molecule has 1 aliphatic carbocycles. The number of amides is 1. The summed E-state index contributed by atoms with van der Waals surface area (Å²) in [6, 6.07) is 5.30. The molecule has 1 aromatic heterocycles. The van der Waals surface area contributed by atoms with Crippen molar-refractivity contribution in [3.8, 4) is 5.75 Å². The number of aryl methyl sites for hydroxylation is 1. The standard InChI is InChI=1S/C22H27NO5/c1-14-15(2)21(25)28-19-11-17(6-7-18(14)19)27-13-20(24)23-10-9-22(26)8-4-3-5-16(22)12-23/h6-7,11,16,26H,3-5,8-10,12-13H2,1-2H3/t16-,22+/m1/s1. The van der Waals surface area contributed by atoms with Crippen molar-refractivity contribution in [2.45, 2.75) is 51.6 Å². The van der Waals surface area contributed by atoms with Crippen LogP contribution < -0.4 is 10.4 Å². The van der Waals surface area contributed by atoms with E-state index in [2.05, 4.69) is 0 Å². The Balaban J connectivity index is 1.42. The number of fused-ring (bicyclic) bond motifs is 2. The van der Waals surface area contributed by atoms with Gasteiger partial charge in [-0.15, -0.1) is 0 Å². The number of benzene rings is 1. The summed E-state index contributed by atoms with van der Waals surface area (Å²) in [5.74, 6) is 0.591. The van der Waals surface area contributed by atoms with Gasteiger partial charge in [-0.1, -0.05) is 12.8 Å². The van der Waals surface area contributed by atoms with Gasteiger partial charge in [0.15, 0.2) is 6.61 Å². The Morgan fingerprint density at radius 1 is 1.29 bits per heavy atom. The van der Waals surface area contributed by atoms with Gasteiger partial charge in [-0.3, -0.25) is 4.79 Å². The van der Waals surface area contributed by atoms with E-state index in [0.29, 0.717) is 36.4 Å². The van der Waals surface area contributed by atoms with Gasteiger partial charge < -0.3 is 19.2 Å². The summed E-state index contributed by atoms with van der Waals surface area (Å²) in [6.07, 6.45) is 4.65. The minimum Gasteiger partial charge on any atom is -0.484 e. The highest BCUT2D eigenvalue weighted by atomic mass is 16.5. The number of rotatable bonds is 3. The van der Waals surface area contributed by atoms with Gasteiger partial charge in [0.25, 0.3) is 5.91 Å². The highest BCUT2D eigenvalue weighted by molar-refractivity contribution is 5.82. The molecule has 1 amide bonds. The van der Waals surface area contributed by atoms with Crippen LogP contribution in [0.2, 0.25) is 0 Å². The Morgan fingerprint density at radius 3 is 2.93 bits per heavy atom. The van der Waals surface area contributed by atoms with Crippen molar-refractivity contribution >= 4 is 16.9 Å². The van der Waals surface area contributed by atoms with Crippen LogP contribution in [0.5, 0.6) is 5.75 Å². The third-order valence-electron chi connectivity index (χ3n) is 6.57. The van der Waals surface area contributed by atoms with Gasteiger partial charge in [0.1, 0.15) is 11.3 Å². The minimum atomic E-state index is -0.595. The summed E-state index contributed by atoms with van der Waals surface area (Å²) < 4.78 is 11.0. The van der Waals surface area contributed by atoms with Crippen LogP contribution >= 0.6 is 0 Å². The van der Waals surface area contributed by atoms with Crippen molar-refractivity contribution < 1.29 is 19.1 Å². The number of aliphatic hydroxyl groups is 1. The average Bonchev–Trinajstić information content (AvgIpc) is 2.69. The molecule has 1 aliphatic heterocycles. The van der Waals surface area contributed by atoms with Crippen molar-refractivity contribution in [3.63, 3.8) is 0 Å². The van der Waals surface area contributed by atoms with E-state index in [1.54, 1.807) is 24.0 Å². The SMILES string of the molecule is Cc1c(C)c2ccc(OCC(=O)N3CC[C@@]4(O)CCCC[C@@H]4C3)cc2oc1=O. The largest absolute Gasteiger partial charge is 0.484 e. The first-order chi connectivity index (χ1) is 13.4. The highest BCUT2D eigenvalue weighted by Gasteiger charge is 2.43. The lowest BCUT2D eigenvalue weighted by atomic mass is 9.71. The fourth-order valence-corrected chi connectivity index (χ4v) is 4.55. The van der Waals surface area contributed by atoms with Gasteiger partial charge in [-0.2, -0.15) is 0 Å². The molecule has 0 unspecified atom stereocenters. The van der Waals surface area contributed by atoms with Gasteiger partial charge in [0, 0.05) is 36.0 Å². The number of carbonyl (C=O) groups is 1. The van der Waals surface area contributed by atoms with E-state index < -0.39 is 5.60 Å². The van der Waals surface area contributed by atoms with E-state index >= 15 is 0 Å². The molecule has 4 rings (SSSR count). The van der Waals surface area contributed by atoms with Crippen LogP contribution in [0.4, 0.5) is 0 Å². The maximum absolute atomic E-state index is 12.6. The van der Waals surface area contributed by atoms with Crippen LogP contribution in [0.15, 0.2) is 27.4 Å². The molecule has 28 heavy (non-hydrogen) atoms. The second-order valence-electron chi connectivity index (χ2n) is 8.22. The molecule has 6 heteroatoms. The van der Waals surface area contributed by atoms with Crippen LogP contribution in [0.3, 0.4) is 0 Å². The Hall–Kier alpha value is -2.34. The molecule has 1 saturated heterocycles. The van der Waals surface area contributed by atoms with Gasteiger partial charge in [-0.25, -0.2) is 4.79 Å². The lowest BCUT2D eigenvalue weighted by molar-refractivity contribution is -0.145. The molecule has 0 bridgehead atoms. The molecule has 2 aromatic rings. The van der Waals surface area contributed by atoms with Crippen molar-refractivity contribution in [2.24, 2.45) is 5.92 Å². The normalized spacial score (nSPS) is 24.8. The number of hydrogen-bond donors (Lipinski definition) is 1. The van der Waals surface area contributed by atoms with E-state index in [-0.39, 0.29) is 24.1 Å². The molecule has 150 valence electrons. The predicted octanol–water partition coefficient (Wildman–Crippen LogP) is 2.94. The lowest BCUT2D eigenvalue weighted by Gasteiger charge is -2.47. The van der Waals surface area contributed by atoms with E-state index in [9.17, 15) is 14.7 Å². The van der Waals surface area contributed by atoms with E-state index in [4.69, 9.17) is 9.15 Å². The molecule has 1 aromatic carbocycles. The van der Waals surface area contributed by atoms with Crippen LogP contribution in [-0.4, -0.2) is 41.2 Å². The van der Waals surface area contributed by atoms with Crippen molar-refractivity contribution in [1.82, 2.24) is 4.90 Å². The summed E-state index contributed by atoms with van der Waals surface area (Å²) in [6.45, 7) is 4.74. The van der Waals surface area contributed by atoms with Gasteiger partial charge in [0.05, 0.1) is 5.60 Å². The number of nitrogens with zero attached hydrogens (tertiary/aromatic N) is 1. The Morgan fingerprint density at radius 2 is 2.11 bits per heavy atom. The third kappa shape index (κ3) is 3.41. The second kappa shape index (κ2) is 7.24. The monoisotopic (exact) mass is 385 g/mol. The molecule has 1 saturated carbocycles. The number of hydrogen-bond acceptors (Lipinski definition) is 5. The summed E-state index contributed by atoms with van der Waals surface area (Å²) in [5.41, 5.74) is 1.00. The molecule has 6 nitrogen and oxygen atoms in total. The average molecular weight is 385 g/mol. The Labute approximate surface area is 164 Å². The van der Waals surface area contributed by atoms with Crippen molar-refractivity contribution in [2.75, 3.05) is 19.7 Å². The van der Waals surface area contributed by atoms with Crippen LogP contribution in [0.1, 0.15) is 43.2 Å². The fraction of sp³-hybridized carbons (Fsp3) is 0.545. The second-order valence-corrected chi connectivity index (χ2v) is 8.22. The number of ether oxygens (including phenoxy) is 1. The summed E-state index contributed by atoms with van der Waals surface area (Å²) in [5, 5.41) is 11.6. The van der Waals surface area contributed by atoms with Crippen molar-refractivity contribution in [3.05, 3.63) is 39.7 Å². The smallest absolute Gasteiger partial charge is 0.339 e. The van der Waals surface area contributed by atoms with Crippen LogP contribution in [-0.2, 0) is 4.79 Å². The van der Waals surface area contributed by atoms with Crippen LogP contribution in [0.25, 0.3) is 11.0 Å². The molecule has 0 radical (unpaired) electrons. The Bertz CT molecular complexity index is 965. The van der Waals surface area contributed by atoms with E-state index in [1.165, 1.54) is 0 Å². The topological polar surface area (TPSA) is 80.0 Å². The van der Waals surface area contributed by atoms with Gasteiger partial charge >= 0.3 is 5.63 Å². The number of likely N-dealkylation sites (tertiary alicyclic amines) is 1. The third-order valence-corrected chi connectivity index (χ3v) is 6.57. The van der Waals surface area contributed by atoms with Crippen LogP contribution in [0, 0.1) is 19.8 Å². The van der Waals surface area contributed by atoms with Gasteiger partial charge in [-0.05, 0) is 50.8 Å². The summed E-state index contributed by atoms with van der Waals surface area (Å²) >= 11 is 0. The maximum Gasteiger partial charge on any atom is 0.339 e. The zero-order valence-electron chi connectivity index (χ0n) is 16.5. The first-order valence-electron chi connectivity index (χ1n) is 10.0.